The number of carbonyl (C=O) groups is 2. The van der Waals surface area contributed by atoms with E-state index in [0.29, 0.717) is 22.3 Å². The molecule has 0 spiro atoms. The number of anilines is 2. The highest BCUT2D eigenvalue weighted by Crippen LogP contribution is 2.37. The molecule has 1 N–H and O–H groups in total. The molecule has 31 heavy (non-hydrogen) atoms. The fraction of sp³-hybridized carbons (Fsp3) is 0.0870. The molecule has 0 bridgehead atoms. The van der Waals surface area contributed by atoms with Gasteiger partial charge < -0.3 is 9.64 Å². The van der Waals surface area contributed by atoms with E-state index in [9.17, 15) is 9.59 Å². The van der Waals surface area contributed by atoms with Crippen molar-refractivity contribution >= 4 is 45.3 Å². The molecule has 0 aliphatic carbocycles. The second-order valence-corrected chi connectivity index (χ2v) is 8.71. The number of ether oxygens (including phenoxy) is 1. The van der Waals surface area contributed by atoms with E-state index in [-0.39, 0.29) is 18.4 Å². The summed E-state index contributed by atoms with van der Waals surface area (Å²) in [5.74, 6) is 0.408. The van der Waals surface area contributed by atoms with Crippen LogP contribution in [0, 0.1) is 0 Å². The van der Waals surface area contributed by atoms with Crippen molar-refractivity contribution < 1.29 is 14.3 Å². The summed E-state index contributed by atoms with van der Waals surface area (Å²) >= 11 is 2.74. The van der Waals surface area contributed by atoms with Crippen molar-refractivity contribution in [2.45, 2.75) is 6.54 Å². The minimum atomic E-state index is -0.172. The van der Waals surface area contributed by atoms with E-state index in [1.807, 2.05) is 65.4 Å². The Labute approximate surface area is 186 Å². The van der Waals surface area contributed by atoms with Crippen LogP contribution in [-0.2, 0) is 11.3 Å². The summed E-state index contributed by atoms with van der Waals surface area (Å²) < 4.78 is 5.63. The zero-order valence-electron chi connectivity index (χ0n) is 16.3. The first-order chi connectivity index (χ1) is 15.2. The number of nitrogens with one attached hydrogen (secondary N) is 1. The van der Waals surface area contributed by atoms with Crippen molar-refractivity contribution in [3.05, 3.63) is 81.9 Å². The molecule has 0 radical (unpaired) electrons. The van der Waals surface area contributed by atoms with Crippen LogP contribution in [0.2, 0.25) is 0 Å². The second kappa shape index (κ2) is 8.33. The molecule has 0 fully saturated rings. The third kappa shape index (κ3) is 4.08. The predicted molar refractivity (Wildman–Crippen MR) is 123 cm³/mol. The van der Waals surface area contributed by atoms with Crippen molar-refractivity contribution in [1.82, 2.24) is 4.98 Å². The van der Waals surface area contributed by atoms with Gasteiger partial charge in [-0.3, -0.25) is 14.9 Å². The van der Waals surface area contributed by atoms with Gasteiger partial charge in [0.15, 0.2) is 11.7 Å². The second-order valence-electron chi connectivity index (χ2n) is 6.91. The van der Waals surface area contributed by atoms with Crippen molar-refractivity contribution in [3.8, 4) is 17.0 Å². The predicted octanol–water partition coefficient (Wildman–Crippen LogP) is 5.05. The lowest BCUT2D eigenvalue weighted by Gasteiger charge is -2.29. The van der Waals surface area contributed by atoms with E-state index in [0.717, 1.165) is 22.5 Å². The van der Waals surface area contributed by atoms with E-state index < -0.39 is 0 Å². The fourth-order valence-electron chi connectivity index (χ4n) is 3.33. The molecule has 2 aromatic heterocycles. The van der Waals surface area contributed by atoms with Crippen LogP contribution in [0.4, 0.5) is 10.8 Å². The Hall–Kier alpha value is -3.49. The molecule has 0 saturated heterocycles. The van der Waals surface area contributed by atoms with Gasteiger partial charge >= 0.3 is 0 Å². The minimum absolute atomic E-state index is 0.0226. The quantitative estimate of drug-likeness (QED) is 0.465. The molecule has 4 aromatic rings. The van der Waals surface area contributed by atoms with E-state index in [4.69, 9.17) is 4.74 Å². The van der Waals surface area contributed by atoms with Gasteiger partial charge in [0.25, 0.3) is 11.8 Å². The maximum Gasteiger partial charge on any atom is 0.267 e. The Kier molecular flexibility index (Phi) is 5.23. The van der Waals surface area contributed by atoms with E-state index in [1.165, 1.54) is 22.7 Å². The number of fused-ring (bicyclic) bond motifs is 1. The number of thiophene rings is 1. The van der Waals surface area contributed by atoms with Crippen LogP contribution in [0.25, 0.3) is 11.3 Å². The maximum absolute atomic E-state index is 12.6. The van der Waals surface area contributed by atoms with Gasteiger partial charge in [-0.25, -0.2) is 4.98 Å². The van der Waals surface area contributed by atoms with Gasteiger partial charge in [-0.15, -0.1) is 22.7 Å². The molecule has 6 nitrogen and oxygen atoms in total. The molecule has 0 saturated carbocycles. The summed E-state index contributed by atoms with van der Waals surface area (Å²) in [4.78, 5) is 31.8. The zero-order valence-corrected chi connectivity index (χ0v) is 17.9. The lowest BCUT2D eigenvalue weighted by atomic mass is 10.1. The molecule has 154 valence electrons. The number of benzene rings is 2. The van der Waals surface area contributed by atoms with Gasteiger partial charge in [0, 0.05) is 10.9 Å². The van der Waals surface area contributed by atoms with Gasteiger partial charge in [0.05, 0.1) is 22.8 Å². The molecule has 2 aromatic carbocycles. The van der Waals surface area contributed by atoms with E-state index >= 15 is 0 Å². The lowest BCUT2D eigenvalue weighted by molar-refractivity contribution is -0.121. The fourth-order valence-corrected chi connectivity index (χ4v) is 4.66. The number of thiazole rings is 1. The largest absolute Gasteiger partial charge is 0.482 e. The number of aromatic nitrogens is 1. The Morgan fingerprint density at radius 1 is 1.10 bits per heavy atom. The van der Waals surface area contributed by atoms with Crippen LogP contribution in [0.15, 0.2) is 71.4 Å². The van der Waals surface area contributed by atoms with Crippen LogP contribution < -0.4 is 15.0 Å². The van der Waals surface area contributed by atoms with Crippen LogP contribution >= 0.6 is 22.7 Å². The summed E-state index contributed by atoms with van der Waals surface area (Å²) in [6.45, 7) is 0.494. The average Bonchev–Trinajstić information content (AvgIpc) is 3.49. The average molecular weight is 448 g/mol. The zero-order chi connectivity index (χ0) is 21.2. The standard InChI is InChI=1S/C23H17N3O3S2/c27-21-13-29-19-9-8-16(11-18(19)26(21)12-15-5-2-1-3-6-15)17-14-31-23(24-17)25-22(28)20-7-4-10-30-20/h1-11,14H,12-13H2,(H,24,25,28). The van der Waals surface area contributed by atoms with Crippen molar-refractivity contribution in [2.75, 3.05) is 16.8 Å². The molecule has 3 heterocycles. The normalized spacial score (nSPS) is 12.9. The highest BCUT2D eigenvalue weighted by atomic mass is 32.1. The smallest absolute Gasteiger partial charge is 0.267 e. The number of carbonyl (C=O) groups excluding carboxylic acids is 2. The number of rotatable bonds is 5. The Morgan fingerprint density at radius 3 is 2.77 bits per heavy atom. The number of hydrogen-bond acceptors (Lipinski definition) is 6. The highest BCUT2D eigenvalue weighted by molar-refractivity contribution is 7.14. The molecule has 0 atom stereocenters. The molecular formula is C23H17N3O3S2. The van der Waals surface area contributed by atoms with Crippen molar-refractivity contribution in [2.24, 2.45) is 0 Å². The van der Waals surface area contributed by atoms with Gasteiger partial charge in [0.2, 0.25) is 0 Å². The number of nitrogens with zero attached hydrogens (tertiary/aromatic N) is 2. The Morgan fingerprint density at radius 2 is 1.97 bits per heavy atom. The molecular weight excluding hydrogens is 430 g/mol. The third-order valence-electron chi connectivity index (χ3n) is 4.85. The minimum Gasteiger partial charge on any atom is -0.482 e. The van der Waals surface area contributed by atoms with Crippen molar-refractivity contribution in [1.29, 1.82) is 0 Å². The molecule has 5 rings (SSSR count). The first kappa shape index (κ1) is 19.5. The molecule has 2 amide bonds. The van der Waals surface area contributed by atoms with E-state index in [1.54, 1.807) is 11.0 Å². The van der Waals surface area contributed by atoms with Crippen molar-refractivity contribution in [3.63, 3.8) is 0 Å². The van der Waals surface area contributed by atoms with Gasteiger partial charge in [-0.1, -0.05) is 36.4 Å². The summed E-state index contributed by atoms with van der Waals surface area (Å²) in [6, 6.07) is 19.2. The molecule has 0 unspecified atom stereocenters. The SMILES string of the molecule is O=C(Nc1nc(-c2ccc3c(c2)N(Cc2ccccc2)C(=O)CO3)cs1)c1cccs1. The number of amides is 2. The first-order valence-corrected chi connectivity index (χ1v) is 11.4. The summed E-state index contributed by atoms with van der Waals surface area (Å²) in [5, 5.41) is 7.11. The highest BCUT2D eigenvalue weighted by Gasteiger charge is 2.26. The third-order valence-corrected chi connectivity index (χ3v) is 6.48. The first-order valence-electron chi connectivity index (χ1n) is 9.59. The van der Waals surface area contributed by atoms with Crippen LogP contribution in [0.5, 0.6) is 5.75 Å². The summed E-state index contributed by atoms with van der Waals surface area (Å²) in [6.07, 6.45) is 0. The molecule has 1 aliphatic rings. The summed E-state index contributed by atoms with van der Waals surface area (Å²) in [5.41, 5.74) is 3.34. The summed E-state index contributed by atoms with van der Waals surface area (Å²) in [7, 11) is 0. The van der Waals surface area contributed by atoms with Crippen LogP contribution in [0.3, 0.4) is 0 Å². The Bertz CT molecular complexity index is 1240. The van der Waals surface area contributed by atoms with Crippen LogP contribution in [0.1, 0.15) is 15.2 Å². The Balaban J connectivity index is 1.41. The number of hydrogen-bond donors (Lipinski definition) is 1. The van der Waals surface area contributed by atoms with E-state index in [2.05, 4.69) is 10.3 Å². The molecule has 8 heteroatoms. The van der Waals surface area contributed by atoms with Gasteiger partial charge in [0.1, 0.15) is 5.75 Å². The molecule has 1 aliphatic heterocycles. The van der Waals surface area contributed by atoms with Gasteiger partial charge in [-0.05, 0) is 35.2 Å². The van der Waals surface area contributed by atoms with Crippen LogP contribution in [-0.4, -0.2) is 23.4 Å². The van der Waals surface area contributed by atoms with Gasteiger partial charge in [-0.2, -0.15) is 0 Å². The topological polar surface area (TPSA) is 71.5 Å². The maximum atomic E-state index is 12.6. The lowest BCUT2D eigenvalue weighted by Crippen LogP contribution is -2.38. The monoisotopic (exact) mass is 447 g/mol.